The van der Waals surface area contributed by atoms with Crippen molar-refractivity contribution in [3.05, 3.63) is 29.8 Å². The minimum absolute atomic E-state index is 0.204. The van der Waals surface area contributed by atoms with Crippen LogP contribution < -0.4 is 10.5 Å². The molecule has 0 radical (unpaired) electrons. The zero-order chi connectivity index (χ0) is 13.2. The number of hydrogen-bond donors (Lipinski definition) is 1. The molecule has 19 heavy (non-hydrogen) atoms. The lowest BCUT2D eigenvalue weighted by Gasteiger charge is -2.49. The van der Waals surface area contributed by atoms with E-state index in [1.54, 1.807) is 7.11 Å². The summed E-state index contributed by atoms with van der Waals surface area (Å²) in [4.78, 5) is 5.10. The zero-order valence-corrected chi connectivity index (χ0v) is 11.6. The molecule has 0 saturated carbocycles. The van der Waals surface area contributed by atoms with Crippen LogP contribution in [0.2, 0.25) is 0 Å². The van der Waals surface area contributed by atoms with Gasteiger partial charge in [0.25, 0.3) is 0 Å². The molecular formula is C15H23N3O. The molecule has 4 rings (SSSR count). The van der Waals surface area contributed by atoms with Crippen molar-refractivity contribution in [2.45, 2.75) is 18.5 Å². The maximum Gasteiger partial charge on any atom is 0.119 e. The SMILES string of the molecule is COc1cccc(CC(N)C2CN3CCN2CC3)c1. The number of rotatable bonds is 4. The summed E-state index contributed by atoms with van der Waals surface area (Å²) in [6, 6.07) is 8.96. The van der Waals surface area contributed by atoms with E-state index in [1.165, 1.54) is 31.7 Å². The van der Waals surface area contributed by atoms with Crippen molar-refractivity contribution in [2.24, 2.45) is 5.73 Å². The average molecular weight is 261 g/mol. The van der Waals surface area contributed by atoms with Crippen LogP contribution in [-0.4, -0.2) is 61.7 Å². The molecule has 0 aromatic heterocycles. The molecule has 3 aliphatic rings. The van der Waals surface area contributed by atoms with Crippen LogP contribution in [0.3, 0.4) is 0 Å². The summed E-state index contributed by atoms with van der Waals surface area (Å²) in [5, 5.41) is 0. The normalized spacial score (nSPS) is 31.2. The number of hydrogen-bond acceptors (Lipinski definition) is 4. The van der Waals surface area contributed by atoms with Crippen molar-refractivity contribution < 1.29 is 4.74 Å². The Hall–Kier alpha value is -1.10. The predicted molar refractivity (Wildman–Crippen MR) is 76.5 cm³/mol. The van der Waals surface area contributed by atoms with Gasteiger partial charge in [0.2, 0.25) is 0 Å². The lowest BCUT2D eigenvalue weighted by atomic mass is 9.95. The van der Waals surface area contributed by atoms with E-state index in [4.69, 9.17) is 10.5 Å². The van der Waals surface area contributed by atoms with Gasteiger partial charge in [0.15, 0.2) is 0 Å². The number of methoxy groups -OCH3 is 1. The van der Waals surface area contributed by atoms with Crippen LogP contribution in [0.4, 0.5) is 0 Å². The van der Waals surface area contributed by atoms with Crippen molar-refractivity contribution >= 4 is 0 Å². The van der Waals surface area contributed by atoms with Gasteiger partial charge in [0.1, 0.15) is 5.75 Å². The summed E-state index contributed by atoms with van der Waals surface area (Å²) >= 11 is 0. The largest absolute Gasteiger partial charge is 0.497 e. The average Bonchev–Trinajstić information content (AvgIpc) is 2.48. The molecular weight excluding hydrogens is 238 g/mol. The smallest absolute Gasteiger partial charge is 0.119 e. The lowest BCUT2D eigenvalue weighted by Crippen LogP contribution is -2.66. The van der Waals surface area contributed by atoms with Gasteiger partial charge in [-0.15, -0.1) is 0 Å². The van der Waals surface area contributed by atoms with Gasteiger partial charge in [-0.3, -0.25) is 9.80 Å². The zero-order valence-electron chi connectivity index (χ0n) is 11.6. The van der Waals surface area contributed by atoms with E-state index in [2.05, 4.69) is 21.9 Å². The fourth-order valence-corrected chi connectivity index (χ4v) is 3.27. The standard InChI is InChI=1S/C15H23N3O/c1-19-13-4-2-3-12(9-13)10-14(16)15-11-17-5-7-18(15)8-6-17/h2-4,9,14-15H,5-8,10-11,16H2,1H3. The van der Waals surface area contributed by atoms with Crippen LogP contribution in [0.25, 0.3) is 0 Å². The quantitative estimate of drug-likeness (QED) is 0.860. The first-order valence-corrected chi connectivity index (χ1v) is 7.11. The van der Waals surface area contributed by atoms with Crippen LogP contribution in [0.5, 0.6) is 5.75 Å². The van der Waals surface area contributed by atoms with Gasteiger partial charge in [-0.2, -0.15) is 0 Å². The van der Waals surface area contributed by atoms with Crippen molar-refractivity contribution in [3.8, 4) is 5.75 Å². The van der Waals surface area contributed by atoms with Gasteiger partial charge in [-0.05, 0) is 24.1 Å². The second-order valence-corrected chi connectivity index (χ2v) is 5.62. The first-order valence-electron chi connectivity index (χ1n) is 7.11. The molecule has 2 bridgehead atoms. The van der Waals surface area contributed by atoms with Crippen LogP contribution in [0.15, 0.2) is 24.3 Å². The molecule has 3 heterocycles. The first kappa shape index (κ1) is 12.9. The highest BCUT2D eigenvalue weighted by Crippen LogP contribution is 2.20. The van der Waals surface area contributed by atoms with E-state index in [1.807, 2.05) is 12.1 Å². The highest BCUT2D eigenvalue weighted by Gasteiger charge is 2.35. The van der Waals surface area contributed by atoms with Gasteiger partial charge in [-0.25, -0.2) is 0 Å². The third kappa shape index (κ3) is 2.76. The molecule has 0 aliphatic carbocycles. The summed E-state index contributed by atoms with van der Waals surface area (Å²) in [6.45, 7) is 5.91. The van der Waals surface area contributed by atoms with Gasteiger partial charge in [0.05, 0.1) is 7.11 Å². The van der Waals surface area contributed by atoms with E-state index in [9.17, 15) is 0 Å². The topological polar surface area (TPSA) is 41.7 Å². The Morgan fingerprint density at radius 2 is 2.11 bits per heavy atom. The number of benzene rings is 1. The number of nitrogens with two attached hydrogens (primary N) is 1. The van der Waals surface area contributed by atoms with E-state index in [0.717, 1.165) is 18.7 Å². The maximum absolute atomic E-state index is 6.45. The Morgan fingerprint density at radius 3 is 2.74 bits per heavy atom. The van der Waals surface area contributed by atoms with E-state index in [0.29, 0.717) is 6.04 Å². The first-order chi connectivity index (χ1) is 9.26. The second-order valence-electron chi connectivity index (χ2n) is 5.62. The number of nitrogens with zero attached hydrogens (tertiary/aromatic N) is 2. The predicted octanol–water partition coefficient (Wildman–Crippen LogP) is 0.565. The van der Waals surface area contributed by atoms with Crippen molar-refractivity contribution in [2.75, 3.05) is 39.8 Å². The molecule has 1 aromatic carbocycles. The second kappa shape index (κ2) is 5.49. The molecule has 3 aliphatic heterocycles. The highest BCUT2D eigenvalue weighted by atomic mass is 16.5. The highest BCUT2D eigenvalue weighted by molar-refractivity contribution is 5.29. The molecule has 2 N–H and O–H groups in total. The summed E-state index contributed by atoms with van der Waals surface area (Å²) in [7, 11) is 1.71. The third-order valence-electron chi connectivity index (χ3n) is 4.42. The lowest BCUT2D eigenvalue weighted by molar-refractivity contribution is 0.00258. The Bertz CT molecular complexity index is 429. The maximum atomic E-state index is 6.45. The van der Waals surface area contributed by atoms with Crippen molar-refractivity contribution in [1.82, 2.24) is 9.80 Å². The van der Waals surface area contributed by atoms with Crippen LogP contribution in [-0.2, 0) is 6.42 Å². The molecule has 4 heteroatoms. The summed E-state index contributed by atoms with van der Waals surface area (Å²) in [5.41, 5.74) is 7.72. The molecule has 2 unspecified atom stereocenters. The Morgan fingerprint density at radius 1 is 1.32 bits per heavy atom. The Labute approximate surface area is 115 Å². The molecule has 2 atom stereocenters. The Kier molecular flexibility index (Phi) is 3.73. The summed E-state index contributed by atoms with van der Waals surface area (Å²) in [5.74, 6) is 0.916. The molecule has 0 amide bonds. The molecule has 3 fully saturated rings. The molecule has 104 valence electrons. The number of ether oxygens (including phenoxy) is 1. The van der Waals surface area contributed by atoms with Crippen LogP contribution in [0, 0.1) is 0 Å². The van der Waals surface area contributed by atoms with Crippen molar-refractivity contribution in [3.63, 3.8) is 0 Å². The fraction of sp³-hybridized carbons (Fsp3) is 0.600. The van der Waals surface area contributed by atoms with E-state index < -0.39 is 0 Å². The summed E-state index contributed by atoms with van der Waals surface area (Å²) in [6.07, 6.45) is 0.923. The van der Waals surface area contributed by atoms with E-state index >= 15 is 0 Å². The monoisotopic (exact) mass is 261 g/mol. The van der Waals surface area contributed by atoms with Crippen molar-refractivity contribution in [1.29, 1.82) is 0 Å². The van der Waals surface area contributed by atoms with Gasteiger partial charge < -0.3 is 10.5 Å². The molecule has 4 nitrogen and oxygen atoms in total. The Balaban J connectivity index is 1.65. The fourth-order valence-electron chi connectivity index (χ4n) is 3.27. The third-order valence-corrected chi connectivity index (χ3v) is 4.42. The number of piperazine rings is 3. The molecule has 3 saturated heterocycles. The summed E-state index contributed by atoms with van der Waals surface area (Å²) < 4.78 is 5.27. The van der Waals surface area contributed by atoms with Gasteiger partial charge in [0, 0.05) is 44.8 Å². The van der Waals surface area contributed by atoms with E-state index in [-0.39, 0.29) is 6.04 Å². The van der Waals surface area contributed by atoms with Crippen LogP contribution in [0.1, 0.15) is 5.56 Å². The van der Waals surface area contributed by atoms with Gasteiger partial charge >= 0.3 is 0 Å². The molecule has 1 aromatic rings. The molecule has 0 spiro atoms. The van der Waals surface area contributed by atoms with Crippen LogP contribution >= 0.6 is 0 Å². The number of fused-ring (bicyclic) bond motifs is 3. The minimum atomic E-state index is 0.204. The minimum Gasteiger partial charge on any atom is -0.497 e. The van der Waals surface area contributed by atoms with Gasteiger partial charge in [-0.1, -0.05) is 12.1 Å².